The fraction of sp³-hybridized carbons (Fsp3) is 0.0526. The summed E-state index contributed by atoms with van der Waals surface area (Å²) in [6, 6.07) is 15.7. The molecule has 0 heterocycles. The summed E-state index contributed by atoms with van der Waals surface area (Å²) >= 11 is 11.3. The van der Waals surface area contributed by atoms with Gasteiger partial charge in [0.25, 0.3) is 5.91 Å². The molecule has 0 radical (unpaired) electrons. The molecular weight excluding hydrogens is 356 g/mol. The maximum atomic E-state index is 12.3. The SMILES string of the molecule is Cc1ccc(C(=O)NC(=S)Nc2cccc3cc(O)ccc23)cc1Cl. The van der Waals surface area contributed by atoms with Gasteiger partial charge in [-0.2, -0.15) is 0 Å². The smallest absolute Gasteiger partial charge is 0.257 e. The van der Waals surface area contributed by atoms with Crippen molar-refractivity contribution in [3.63, 3.8) is 0 Å². The molecule has 0 fully saturated rings. The third kappa shape index (κ3) is 3.90. The first-order valence-corrected chi connectivity index (χ1v) is 8.33. The van der Waals surface area contributed by atoms with Crippen molar-refractivity contribution < 1.29 is 9.90 Å². The number of phenolic OH excluding ortho intramolecular Hbond substituents is 1. The third-order valence-electron chi connectivity index (χ3n) is 3.77. The number of benzene rings is 3. The van der Waals surface area contributed by atoms with Crippen LogP contribution in [0.5, 0.6) is 5.75 Å². The summed E-state index contributed by atoms with van der Waals surface area (Å²) < 4.78 is 0. The number of aromatic hydroxyl groups is 1. The van der Waals surface area contributed by atoms with Crippen molar-refractivity contribution in [3.8, 4) is 5.75 Å². The fourth-order valence-electron chi connectivity index (χ4n) is 2.44. The van der Waals surface area contributed by atoms with Gasteiger partial charge in [-0.05, 0) is 66.5 Å². The van der Waals surface area contributed by atoms with Gasteiger partial charge in [0, 0.05) is 21.7 Å². The Kier molecular flexibility index (Phi) is 4.88. The molecule has 0 saturated carbocycles. The van der Waals surface area contributed by atoms with Crippen molar-refractivity contribution in [2.24, 2.45) is 0 Å². The number of anilines is 1. The van der Waals surface area contributed by atoms with E-state index < -0.39 is 0 Å². The van der Waals surface area contributed by atoms with Crippen molar-refractivity contribution in [1.82, 2.24) is 5.32 Å². The van der Waals surface area contributed by atoms with Crippen LogP contribution in [0, 0.1) is 6.92 Å². The van der Waals surface area contributed by atoms with Crippen LogP contribution in [-0.2, 0) is 0 Å². The molecule has 0 aliphatic heterocycles. The maximum Gasteiger partial charge on any atom is 0.257 e. The largest absolute Gasteiger partial charge is 0.508 e. The summed E-state index contributed by atoms with van der Waals surface area (Å²) in [7, 11) is 0. The quantitative estimate of drug-likeness (QED) is 0.575. The van der Waals surface area contributed by atoms with Crippen LogP contribution in [0.2, 0.25) is 5.02 Å². The molecule has 0 saturated heterocycles. The minimum absolute atomic E-state index is 0.183. The number of nitrogens with one attached hydrogen (secondary N) is 2. The number of aryl methyl sites for hydroxylation is 1. The summed E-state index contributed by atoms with van der Waals surface area (Å²) in [6.07, 6.45) is 0. The lowest BCUT2D eigenvalue weighted by Gasteiger charge is -2.12. The lowest BCUT2D eigenvalue weighted by Crippen LogP contribution is -2.34. The van der Waals surface area contributed by atoms with E-state index in [1.54, 1.807) is 36.4 Å². The summed E-state index contributed by atoms with van der Waals surface area (Å²) in [5, 5.41) is 17.7. The molecule has 4 nitrogen and oxygen atoms in total. The zero-order valence-corrected chi connectivity index (χ0v) is 14.9. The summed E-state index contributed by atoms with van der Waals surface area (Å²) in [5.74, 6) is -0.144. The van der Waals surface area contributed by atoms with Crippen molar-refractivity contribution in [1.29, 1.82) is 0 Å². The molecule has 0 unspecified atom stereocenters. The average molecular weight is 371 g/mol. The van der Waals surface area contributed by atoms with Crippen molar-refractivity contribution in [2.45, 2.75) is 6.92 Å². The first kappa shape index (κ1) is 17.2. The van der Waals surface area contributed by atoms with Gasteiger partial charge in [-0.25, -0.2) is 0 Å². The van der Waals surface area contributed by atoms with Crippen LogP contribution in [0.15, 0.2) is 54.6 Å². The second-order valence-corrected chi connectivity index (χ2v) is 6.40. The molecule has 3 aromatic rings. The number of thiocarbonyl (C=S) groups is 1. The number of rotatable bonds is 2. The van der Waals surface area contributed by atoms with Crippen LogP contribution >= 0.6 is 23.8 Å². The molecule has 126 valence electrons. The molecule has 25 heavy (non-hydrogen) atoms. The minimum atomic E-state index is -0.336. The Morgan fingerprint density at radius 2 is 1.92 bits per heavy atom. The van der Waals surface area contributed by atoms with Gasteiger partial charge in [0.1, 0.15) is 5.75 Å². The van der Waals surface area contributed by atoms with Gasteiger partial charge in [-0.15, -0.1) is 0 Å². The molecule has 3 rings (SSSR count). The highest BCUT2D eigenvalue weighted by atomic mass is 35.5. The zero-order chi connectivity index (χ0) is 18.0. The molecule has 1 amide bonds. The van der Waals surface area contributed by atoms with Crippen molar-refractivity contribution >= 4 is 51.3 Å². The van der Waals surface area contributed by atoms with Crippen LogP contribution in [0.1, 0.15) is 15.9 Å². The van der Waals surface area contributed by atoms with Gasteiger partial charge < -0.3 is 10.4 Å². The topological polar surface area (TPSA) is 61.4 Å². The van der Waals surface area contributed by atoms with Crippen molar-refractivity contribution in [3.05, 3.63) is 70.7 Å². The number of hydrogen-bond donors (Lipinski definition) is 3. The lowest BCUT2D eigenvalue weighted by molar-refractivity contribution is 0.0977. The van der Waals surface area contributed by atoms with E-state index in [1.165, 1.54) is 0 Å². The number of amides is 1. The van der Waals surface area contributed by atoms with E-state index in [4.69, 9.17) is 23.8 Å². The second-order valence-electron chi connectivity index (χ2n) is 5.58. The van der Waals surface area contributed by atoms with E-state index >= 15 is 0 Å². The number of carbonyl (C=O) groups excluding carboxylic acids is 1. The summed E-state index contributed by atoms with van der Waals surface area (Å²) in [5.41, 5.74) is 2.07. The number of phenols is 1. The monoisotopic (exact) mass is 370 g/mol. The van der Waals surface area contributed by atoms with Crippen LogP contribution in [0.3, 0.4) is 0 Å². The van der Waals surface area contributed by atoms with Crippen LogP contribution in [0.25, 0.3) is 10.8 Å². The van der Waals surface area contributed by atoms with E-state index in [-0.39, 0.29) is 16.8 Å². The molecule has 0 spiro atoms. The van der Waals surface area contributed by atoms with Gasteiger partial charge in [0.05, 0.1) is 0 Å². The predicted octanol–water partition coefficient (Wildman–Crippen LogP) is 4.63. The van der Waals surface area contributed by atoms with E-state index in [1.807, 2.05) is 25.1 Å². The first-order chi connectivity index (χ1) is 11.9. The minimum Gasteiger partial charge on any atom is -0.508 e. The van der Waals surface area contributed by atoms with Gasteiger partial charge in [0.2, 0.25) is 0 Å². The maximum absolute atomic E-state index is 12.3. The molecule has 0 aliphatic carbocycles. The van der Waals surface area contributed by atoms with Crippen LogP contribution < -0.4 is 10.6 Å². The third-order valence-corrected chi connectivity index (χ3v) is 4.38. The lowest BCUT2D eigenvalue weighted by atomic mass is 10.1. The van der Waals surface area contributed by atoms with Gasteiger partial charge in [-0.1, -0.05) is 29.8 Å². The predicted molar refractivity (Wildman–Crippen MR) is 105 cm³/mol. The van der Waals surface area contributed by atoms with E-state index in [9.17, 15) is 9.90 Å². The molecule has 0 atom stereocenters. The molecule has 3 N–H and O–H groups in total. The van der Waals surface area contributed by atoms with Gasteiger partial charge in [-0.3, -0.25) is 10.1 Å². The zero-order valence-electron chi connectivity index (χ0n) is 13.3. The molecule has 0 aromatic heterocycles. The normalized spacial score (nSPS) is 10.5. The highest BCUT2D eigenvalue weighted by Gasteiger charge is 2.10. The van der Waals surface area contributed by atoms with Gasteiger partial charge in [0.15, 0.2) is 5.11 Å². The molecule has 0 aliphatic rings. The number of carbonyl (C=O) groups is 1. The summed E-state index contributed by atoms with van der Waals surface area (Å²) in [4.78, 5) is 12.3. The van der Waals surface area contributed by atoms with E-state index in [0.717, 1.165) is 22.0 Å². The average Bonchev–Trinajstić information content (AvgIpc) is 2.57. The number of fused-ring (bicyclic) bond motifs is 1. The fourth-order valence-corrected chi connectivity index (χ4v) is 2.83. The Hall–Kier alpha value is -2.63. The second kappa shape index (κ2) is 7.09. The Morgan fingerprint density at radius 1 is 1.12 bits per heavy atom. The van der Waals surface area contributed by atoms with Crippen molar-refractivity contribution in [2.75, 3.05) is 5.32 Å². The standard InChI is InChI=1S/C19H15ClN2O2S/c1-11-5-6-13(10-16(11)20)18(24)22-19(25)21-17-4-2-3-12-9-14(23)7-8-15(12)17/h2-10,23H,1H3,(H2,21,22,24,25). The summed E-state index contributed by atoms with van der Waals surface area (Å²) in [6.45, 7) is 1.87. The van der Waals surface area contributed by atoms with E-state index in [0.29, 0.717) is 10.6 Å². The Balaban J connectivity index is 1.76. The molecular formula is C19H15ClN2O2S. The van der Waals surface area contributed by atoms with Gasteiger partial charge >= 0.3 is 0 Å². The Labute approximate surface area is 155 Å². The highest BCUT2D eigenvalue weighted by molar-refractivity contribution is 7.80. The number of hydrogen-bond acceptors (Lipinski definition) is 3. The molecule has 0 bridgehead atoms. The van der Waals surface area contributed by atoms with E-state index in [2.05, 4.69) is 10.6 Å². The number of halogens is 1. The Morgan fingerprint density at radius 3 is 2.68 bits per heavy atom. The first-order valence-electron chi connectivity index (χ1n) is 7.54. The Bertz CT molecular complexity index is 988. The highest BCUT2D eigenvalue weighted by Crippen LogP contribution is 2.26. The molecule has 3 aromatic carbocycles. The molecule has 6 heteroatoms. The van der Waals surface area contributed by atoms with Crippen LogP contribution in [0.4, 0.5) is 5.69 Å². The van der Waals surface area contributed by atoms with Crippen LogP contribution in [-0.4, -0.2) is 16.1 Å².